The number of hydrogen-bond donors (Lipinski definition) is 14. The predicted octanol–water partition coefficient (Wildman–Crippen LogP) is -1.84. The van der Waals surface area contributed by atoms with Crippen molar-refractivity contribution in [3.05, 3.63) is 92.5 Å². The predicted molar refractivity (Wildman–Crippen MR) is 258 cm³/mol. The summed E-state index contributed by atoms with van der Waals surface area (Å²) in [6, 6.07) is 7.01. The van der Waals surface area contributed by atoms with Crippen molar-refractivity contribution < 1.29 is 108 Å². The Labute approximate surface area is 444 Å². The number of imide groups is 2. The second-order valence-corrected chi connectivity index (χ2v) is 19.3. The molecule has 6 amide bonds. The lowest BCUT2D eigenvalue weighted by atomic mass is 9.90. The van der Waals surface area contributed by atoms with Crippen molar-refractivity contribution in [2.24, 2.45) is 0 Å². The van der Waals surface area contributed by atoms with Gasteiger partial charge in [0, 0.05) is 92.0 Å². The van der Waals surface area contributed by atoms with Crippen molar-refractivity contribution in [3.8, 4) is 40.2 Å². The zero-order valence-corrected chi connectivity index (χ0v) is 41.5. The highest BCUT2D eigenvalue weighted by Crippen LogP contribution is 2.53. The Hall–Kier alpha value is -8.00. The Morgan fingerprint density at radius 1 is 0.633 bits per heavy atom. The van der Waals surface area contributed by atoms with Gasteiger partial charge in [-0.25, -0.2) is 8.78 Å². The third-order valence-electron chi connectivity index (χ3n) is 14.5. The van der Waals surface area contributed by atoms with E-state index >= 15 is 8.78 Å². The minimum atomic E-state index is -3.92. The number of carbonyl (C=O) groups is 6. The van der Waals surface area contributed by atoms with Crippen LogP contribution in [0.1, 0.15) is 66.9 Å². The fourth-order valence-corrected chi connectivity index (χ4v) is 10.1. The van der Waals surface area contributed by atoms with Gasteiger partial charge in [0.1, 0.15) is 18.2 Å². The number of hydrogen-bond acceptors (Lipinski definition) is 23. The fourth-order valence-electron chi connectivity index (χ4n) is 10.1. The van der Waals surface area contributed by atoms with E-state index in [2.05, 4.69) is 5.32 Å². The van der Waals surface area contributed by atoms with Gasteiger partial charge < -0.3 is 80.6 Å². The average Bonchev–Trinajstić information content (AvgIpc) is 3.64. The van der Waals surface area contributed by atoms with Crippen LogP contribution in [0.2, 0.25) is 0 Å². The van der Waals surface area contributed by atoms with E-state index in [9.17, 15) is 84.9 Å². The van der Waals surface area contributed by atoms with Crippen molar-refractivity contribution in [2.45, 2.75) is 75.5 Å². The summed E-state index contributed by atoms with van der Waals surface area (Å²) in [6.07, 6.45) is -0.637. The summed E-state index contributed by atoms with van der Waals surface area (Å²) >= 11 is 0. The standard InChI is InChI=1S/C25H27FN4O11.C25H26FN3O9/c26-15-11(2-1-3-12(15)9-29-4-6-41-7-5-29)8-27-16-13-10-30(22(35)14(13)17(31)19(33)18(16)32)20-21(34)28-23(36)25(39,40)24(20,37)38;26-18-13(10-28-6-8-37-9-7-28)2-1-3-14(18)12-38-22-15-11-29(25(36)5-4-16(30)27-24(25)35)23(34)17(15)19(31)20(32)21(22)33/h1-3,20,27,31-33,37-40H,4-10H2,(H,28,34,36);1-3,31-33,36H,4-12H2,(H,27,30,35). The molecule has 4 aromatic rings. The van der Waals surface area contributed by atoms with Crippen molar-refractivity contribution in [1.29, 1.82) is 0 Å². The minimum Gasteiger partial charge on any atom is -0.504 e. The molecule has 4 saturated heterocycles. The minimum absolute atomic E-state index is 0.120. The number of halogens is 2. The number of anilines is 1. The molecule has 27 nitrogen and oxygen atoms in total. The molecule has 6 aliphatic heterocycles. The zero-order valence-electron chi connectivity index (χ0n) is 41.5. The van der Waals surface area contributed by atoms with Crippen LogP contribution in [-0.4, -0.2) is 187 Å². The van der Waals surface area contributed by atoms with Crippen LogP contribution in [-0.2, 0) is 68.0 Å². The molecule has 0 bridgehead atoms. The van der Waals surface area contributed by atoms with Gasteiger partial charge in [-0.3, -0.25) is 54.1 Å². The molecule has 2 atom stereocenters. The summed E-state index contributed by atoms with van der Waals surface area (Å²) in [6.45, 7) is 3.50. The molecule has 422 valence electrons. The van der Waals surface area contributed by atoms with Gasteiger partial charge in [-0.2, -0.15) is 0 Å². The largest absolute Gasteiger partial charge is 0.504 e. The number of aromatic hydroxyl groups is 6. The van der Waals surface area contributed by atoms with Crippen LogP contribution in [0.5, 0.6) is 40.2 Å². The second-order valence-electron chi connectivity index (χ2n) is 19.3. The first-order chi connectivity index (χ1) is 37.4. The maximum absolute atomic E-state index is 15.4. The molecule has 29 heteroatoms. The summed E-state index contributed by atoms with van der Waals surface area (Å²) in [5.74, 6) is -22.8. The maximum atomic E-state index is 15.4. The third kappa shape index (κ3) is 9.88. The first-order valence-electron chi connectivity index (χ1n) is 24.4. The average molecular weight is 1110 g/mol. The Morgan fingerprint density at radius 3 is 1.75 bits per heavy atom. The van der Waals surface area contributed by atoms with E-state index in [1.165, 1.54) is 17.4 Å². The number of morpholine rings is 2. The van der Waals surface area contributed by atoms with Gasteiger partial charge >= 0.3 is 5.79 Å². The molecule has 10 rings (SSSR count). The molecule has 0 radical (unpaired) electrons. The van der Waals surface area contributed by atoms with Gasteiger partial charge in [0.05, 0.1) is 56.3 Å². The Bertz CT molecular complexity index is 3190. The Kier molecular flexibility index (Phi) is 15.1. The lowest BCUT2D eigenvalue weighted by molar-refractivity contribution is -0.355. The lowest BCUT2D eigenvalue weighted by Gasteiger charge is -2.44. The van der Waals surface area contributed by atoms with E-state index in [1.807, 2.05) is 15.1 Å². The van der Waals surface area contributed by atoms with Crippen molar-refractivity contribution >= 4 is 41.1 Å². The van der Waals surface area contributed by atoms with Gasteiger partial charge in [-0.05, 0) is 0 Å². The van der Waals surface area contributed by atoms with Gasteiger partial charge in [0.15, 0.2) is 29.0 Å². The van der Waals surface area contributed by atoms with E-state index in [0.717, 1.165) is 0 Å². The fraction of sp³-hybridized carbons (Fsp3) is 0.400. The maximum Gasteiger partial charge on any atom is 0.303 e. The molecule has 0 aliphatic carbocycles. The van der Waals surface area contributed by atoms with Gasteiger partial charge in [0.25, 0.3) is 35.3 Å². The van der Waals surface area contributed by atoms with Gasteiger partial charge in [-0.1, -0.05) is 36.4 Å². The number of carbonyl (C=O) groups excluding carboxylic acids is 6. The summed E-state index contributed by atoms with van der Waals surface area (Å²) in [4.78, 5) is 79.8. The van der Waals surface area contributed by atoms with Crippen LogP contribution in [0.4, 0.5) is 14.5 Å². The second kappa shape index (κ2) is 21.3. The SMILES string of the molecule is O=C1CCC(O)(N2Cc3c(OCc4cccc(CN5CCOCC5)c4F)c(O)c(O)c(O)c3C2=O)C(=O)N1.O=C1NC(=O)C(O)(O)C(O)(O)C1N1Cc2c(NCc3cccc(CN4CCOCC4)c3F)c(O)c(O)c(O)c2C1=O. The molecular formula is C50H53F2N7O20. The third-order valence-corrected chi connectivity index (χ3v) is 14.5. The van der Waals surface area contributed by atoms with E-state index in [0.29, 0.717) is 86.6 Å². The van der Waals surface area contributed by atoms with E-state index < -0.39 is 148 Å². The topological polar surface area (TPSA) is 402 Å². The number of aliphatic hydroxyl groups is 5. The number of nitrogens with zero attached hydrogens (tertiary/aromatic N) is 4. The first kappa shape index (κ1) is 55.7. The van der Waals surface area contributed by atoms with Crippen LogP contribution in [0.15, 0.2) is 36.4 Å². The normalized spacial score (nSPS) is 22.0. The molecule has 14 N–H and O–H groups in total. The molecule has 6 aliphatic rings. The van der Waals surface area contributed by atoms with Crippen molar-refractivity contribution in [3.63, 3.8) is 0 Å². The number of fused-ring (bicyclic) bond motifs is 2. The molecule has 0 spiro atoms. The molecule has 0 aromatic heterocycles. The van der Waals surface area contributed by atoms with Crippen LogP contribution < -0.4 is 20.7 Å². The van der Waals surface area contributed by atoms with Crippen molar-refractivity contribution in [2.75, 3.05) is 57.9 Å². The highest BCUT2D eigenvalue weighted by molar-refractivity contribution is 6.11. The number of rotatable bonds is 12. The highest BCUT2D eigenvalue weighted by atomic mass is 19.1. The first-order valence-corrected chi connectivity index (χ1v) is 24.4. The van der Waals surface area contributed by atoms with Gasteiger partial charge in [0.2, 0.25) is 28.9 Å². The zero-order chi connectivity index (χ0) is 57.0. The number of benzene rings is 4. The van der Waals surface area contributed by atoms with Crippen LogP contribution in [0.25, 0.3) is 0 Å². The quantitative estimate of drug-likeness (QED) is 0.0321. The highest BCUT2D eigenvalue weighted by Gasteiger charge is 2.67. The number of phenolic OH excluding ortho intramolecular Hbond substituents is 6. The van der Waals surface area contributed by atoms with E-state index in [4.69, 9.17) is 14.2 Å². The summed E-state index contributed by atoms with van der Waals surface area (Å²) in [7, 11) is 0. The summed E-state index contributed by atoms with van der Waals surface area (Å²) in [5, 5.41) is 120. The number of piperidine rings is 2. The summed E-state index contributed by atoms with van der Waals surface area (Å²) < 4.78 is 46.9. The number of amides is 6. The Balaban J connectivity index is 0.000000192. The number of phenols is 6. The van der Waals surface area contributed by atoms with E-state index in [1.54, 1.807) is 24.3 Å². The molecule has 0 saturated carbocycles. The molecule has 2 unspecified atom stereocenters. The molecule has 4 fully saturated rings. The number of nitrogens with one attached hydrogen (secondary N) is 3. The Morgan fingerprint density at radius 2 is 1.16 bits per heavy atom. The van der Waals surface area contributed by atoms with Crippen LogP contribution in [0, 0.1) is 11.6 Å². The summed E-state index contributed by atoms with van der Waals surface area (Å²) in [5.41, 5.74) is -3.17. The molecule has 4 aromatic carbocycles. The molecular weight excluding hydrogens is 1060 g/mol. The monoisotopic (exact) mass is 1110 g/mol. The molecule has 6 heterocycles. The molecule has 79 heavy (non-hydrogen) atoms. The van der Waals surface area contributed by atoms with Crippen LogP contribution in [0.3, 0.4) is 0 Å². The van der Waals surface area contributed by atoms with E-state index in [-0.39, 0.29) is 40.9 Å². The smallest absolute Gasteiger partial charge is 0.303 e. The van der Waals surface area contributed by atoms with Crippen molar-refractivity contribution in [1.82, 2.24) is 30.2 Å². The lowest BCUT2D eigenvalue weighted by Crippen LogP contribution is -2.79. The van der Waals surface area contributed by atoms with Gasteiger partial charge in [-0.15, -0.1) is 0 Å². The number of ether oxygens (including phenoxy) is 3. The van der Waals surface area contributed by atoms with Crippen LogP contribution >= 0.6 is 0 Å².